The maximum absolute atomic E-state index is 13.5. The third kappa shape index (κ3) is 3.85. The van der Waals surface area contributed by atoms with Gasteiger partial charge in [-0.2, -0.15) is 5.10 Å². The molecule has 0 bridgehead atoms. The van der Waals surface area contributed by atoms with Crippen LogP contribution in [-0.4, -0.2) is 22.4 Å². The number of carbonyl (C=O) groups is 1. The zero-order chi connectivity index (χ0) is 21.0. The van der Waals surface area contributed by atoms with Gasteiger partial charge in [-0.3, -0.25) is 15.2 Å². The number of aromatic nitrogens is 1. The molecule has 3 rings (SSSR count). The summed E-state index contributed by atoms with van der Waals surface area (Å²) in [6.07, 6.45) is 7.78. The summed E-state index contributed by atoms with van der Waals surface area (Å²) in [5.74, 6) is 4.94. The van der Waals surface area contributed by atoms with E-state index in [0.29, 0.717) is 29.6 Å². The highest BCUT2D eigenvalue weighted by Crippen LogP contribution is 2.40. The Morgan fingerprint density at radius 3 is 2.72 bits per heavy atom. The van der Waals surface area contributed by atoms with Crippen molar-refractivity contribution in [3.63, 3.8) is 0 Å². The van der Waals surface area contributed by atoms with Gasteiger partial charge in [0.2, 0.25) is 0 Å². The number of amidine groups is 2. The zero-order valence-corrected chi connectivity index (χ0v) is 16.7. The molecule has 1 aliphatic rings. The van der Waals surface area contributed by atoms with Crippen molar-refractivity contribution < 1.29 is 4.79 Å². The van der Waals surface area contributed by atoms with Gasteiger partial charge < -0.3 is 17.3 Å². The fraction of sp³-hybridized carbons (Fsp3) is 0.364. The number of nitrogens with one attached hydrogen (secondary N) is 1. The summed E-state index contributed by atoms with van der Waals surface area (Å²) in [6, 6.07) is 9.36. The Morgan fingerprint density at radius 2 is 2.03 bits per heavy atom. The second kappa shape index (κ2) is 8.43. The lowest BCUT2D eigenvalue weighted by Crippen LogP contribution is -2.46. The smallest absolute Gasteiger partial charge is 0.159 e. The molecule has 0 aliphatic heterocycles. The van der Waals surface area contributed by atoms with E-state index in [1.54, 1.807) is 0 Å². The monoisotopic (exact) mass is 392 g/mol. The van der Waals surface area contributed by atoms with E-state index in [0.717, 1.165) is 24.6 Å². The Morgan fingerprint density at radius 1 is 1.28 bits per heavy atom. The average molecular weight is 393 g/mol. The molecule has 2 aromatic rings. The fourth-order valence-electron chi connectivity index (χ4n) is 3.94. The van der Waals surface area contributed by atoms with Gasteiger partial charge in [-0.05, 0) is 25.0 Å². The lowest BCUT2D eigenvalue weighted by Gasteiger charge is -2.34. The second-order valence-corrected chi connectivity index (χ2v) is 7.55. The maximum Gasteiger partial charge on any atom is 0.159 e. The van der Waals surface area contributed by atoms with Crippen molar-refractivity contribution in [3.05, 3.63) is 53.7 Å². The van der Waals surface area contributed by atoms with E-state index in [-0.39, 0.29) is 17.5 Å². The lowest BCUT2D eigenvalue weighted by molar-refractivity contribution is -0.126. The van der Waals surface area contributed by atoms with Crippen LogP contribution in [0.4, 0.5) is 0 Å². The van der Waals surface area contributed by atoms with E-state index >= 15 is 0 Å². The van der Waals surface area contributed by atoms with E-state index in [2.05, 4.69) is 12.0 Å². The van der Waals surface area contributed by atoms with Crippen molar-refractivity contribution in [3.8, 4) is 0 Å². The van der Waals surface area contributed by atoms with Gasteiger partial charge in [-0.1, -0.05) is 56.5 Å². The van der Waals surface area contributed by atoms with Crippen molar-refractivity contribution in [2.45, 2.75) is 44.9 Å². The number of Topliss-reactive ketones (excluding diaryl/α,β-unsaturated/α-hetero) is 1. The Labute approximate surface area is 170 Å². The van der Waals surface area contributed by atoms with E-state index in [4.69, 9.17) is 27.7 Å². The number of benzene rings is 1. The number of ketones is 1. The predicted molar refractivity (Wildman–Crippen MR) is 117 cm³/mol. The molecule has 2 atom stereocenters. The molecule has 0 amide bonds. The number of nitrogens with two attached hydrogens (primary N) is 3. The summed E-state index contributed by atoms with van der Waals surface area (Å²) in [4.78, 5) is 18.2. The summed E-state index contributed by atoms with van der Waals surface area (Å²) in [7, 11) is 0. The topological polar surface area (TPSA) is 144 Å². The first-order valence-corrected chi connectivity index (χ1v) is 9.94. The zero-order valence-electron chi connectivity index (χ0n) is 16.7. The van der Waals surface area contributed by atoms with Crippen molar-refractivity contribution >= 4 is 28.4 Å². The van der Waals surface area contributed by atoms with Crippen molar-refractivity contribution in [1.82, 2.24) is 4.98 Å². The SMILES string of the molecule is CCCCCC1(C(=N)N)C=CCC(c2ccc3ccc(C(N)=NN)cc3n2)C1=O. The minimum atomic E-state index is -1.03. The van der Waals surface area contributed by atoms with Crippen molar-refractivity contribution in [2.24, 2.45) is 27.8 Å². The molecule has 0 saturated heterocycles. The first-order valence-electron chi connectivity index (χ1n) is 9.94. The first kappa shape index (κ1) is 20.5. The fourth-order valence-corrected chi connectivity index (χ4v) is 3.94. The Bertz CT molecular complexity index is 996. The van der Waals surface area contributed by atoms with Crippen molar-refractivity contribution in [1.29, 1.82) is 5.41 Å². The van der Waals surface area contributed by atoms with Crippen molar-refractivity contribution in [2.75, 3.05) is 0 Å². The molecule has 1 aromatic carbocycles. The lowest BCUT2D eigenvalue weighted by atomic mass is 9.68. The molecule has 0 radical (unpaired) electrons. The van der Waals surface area contributed by atoms with Crippen LogP contribution in [0.3, 0.4) is 0 Å². The van der Waals surface area contributed by atoms with E-state index < -0.39 is 11.3 Å². The van der Waals surface area contributed by atoms with Crippen LogP contribution in [0.15, 0.2) is 47.6 Å². The molecule has 29 heavy (non-hydrogen) atoms. The van der Waals surface area contributed by atoms with Gasteiger partial charge in [0.15, 0.2) is 5.78 Å². The highest BCUT2D eigenvalue weighted by molar-refractivity contribution is 6.11. The Balaban J connectivity index is 1.99. The number of hydrogen-bond acceptors (Lipinski definition) is 5. The van der Waals surface area contributed by atoms with Gasteiger partial charge in [-0.25, -0.2) is 0 Å². The molecule has 7 nitrogen and oxygen atoms in total. The molecular formula is C22H28N6O. The van der Waals surface area contributed by atoms with E-state index in [1.807, 2.05) is 42.5 Å². The summed E-state index contributed by atoms with van der Waals surface area (Å²) >= 11 is 0. The standard InChI is InChI=1S/C22H28N6O/c1-2-3-4-11-22(21(24)25)12-5-6-16(19(22)29)17-10-9-14-7-8-15(20(23)28-26)13-18(14)27-17/h5,7-10,12-13,16H,2-4,6,11,26H2,1H3,(H2,23,28)(H3,24,25). The Hall–Kier alpha value is -3.22. The van der Waals surface area contributed by atoms with Crippen LogP contribution in [0.1, 0.15) is 56.2 Å². The molecule has 0 saturated carbocycles. The largest absolute Gasteiger partial charge is 0.387 e. The van der Waals surface area contributed by atoms with Gasteiger partial charge in [0, 0.05) is 10.9 Å². The number of nitrogens with zero attached hydrogens (tertiary/aromatic N) is 2. The number of hydrazone groups is 1. The first-order chi connectivity index (χ1) is 13.9. The van der Waals surface area contributed by atoms with Gasteiger partial charge in [-0.15, -0.1) is 0 Å². The molecule has 152 valence electrons. The van der Waals surface area contributed by atoms with Crippen LogP contribution in [0.25, 0.3) is 10.9 Å². The van der Waals surface area contributed by atoms with Gasteiger partial charge in [0.1, 0.15) is 17.1 Å². The molecule has 2 unspecified atom stereocenters. The van der Waals surface area contributed by atoms with E-state index in [1.165, 1.54) is 0 Å². The molecule has 7 N–H and O–H groups in total. The average Bonchev–Trinajstić information content (AvgIpc) is 2.73. The number of fused-ring (bicyclic) bond motifs is 1. The van der Waals surface area contributed by atoms with Gasteiger partial charge in [0.05, 0.1) is 17.1 Å². The molecule has 7 heteroatoms. The number of unbranched alkanes of at least 4 members (excludes halogenated alkanes) is 2. The van der Waals surface area contributed by atoms with Crippen LogP contribution in [-0.2, 0) is 4.79 Å². The van der Waals surface area contributed by atoms with Crippen LogP contribution >= 0.6 is 0 Å². The molecule has 0 spiro atoms. The van der Waals surface area contributed by atoms with Crippen LogP contribution < -0.4 is 17.3 Å². The van der Waals surface area contributed by atoms with E-state index in [9.17, 15) is 4.79 Å². The summed E-state index contributed by atoms with van der Waals surface area (Å²) in [5, 5.41) is 12.6. The summed E-state index contributed by atoms with van der Waals surface area (Å²) < 4.78 is 0. The summed E-state index contributed by atoms with van der Waals surface area (Å²) in [5.41, 5.74) is 12.8. The molecule has 1 heterocycles. The normalized spacial score (nSPS) is 22.2. The third-order valence-electron chi connectivity index (χ3n) is 5.69. The van der Waals surface area contributed by atoms with Crippen LogP contribution in [0, 0.1) is 10.8 Å². The van der Waals surface area contributed by atoms with Crippen LogP contribution in [0.2, 0.25) is 0 Å². The molecule has 1 aromatic heterocycles. The number of carbonyl (C=O) groups excluding carboxylic acids is 1. The van der Waals surface area contributed by atoms with Gasteiger partial charge in [0.25, 0.3) is 0 Å². The molecule has 0 fully saturated rings. The summed E-state index contributed by atoms with van der Waals surface area (Å²) in [6.45, 7) is 2.11. The number of allylic oxidation sites excluding steroid dienone is 1. The highest BCUT2D eigenvalue weighted by Gasteiger charge is 2.45. The second-order valence-electron chi connectivity index (χ2n) is 7.55. The molecular weight excluding hydrogens is 364 g/mol. The quantitative estimate of drug-likeness (QED) is 0.143. The molecule has 1 aliphatic carbocycles. The highest BCUT2D eigenvalue weighted by atomic mass is 16.1. The Kier molecular flexibility index (Phi) is 5.96. The number of hydrogen-bond donors (Lipinski definition) is 4. The predicted octanol–water partition coefficient (Wildman–Crippen LogP) is 2.93. The maximum atomic E-state index is 13.5. The number of pyridine rings is 1. The minimum Gasteiger partial charge on any atom is -0.387 e. The number of rotatable bonds is 7. The van der Waals surface area contributed by atoms with Gasteiger partial charge >= 0.3 is 0 Å². The minimum absolute atomic E-state index is 0.0466. The third-order valence-corrected chi connectivity index (χ3v) is 5.69. The van der Waals surface area contributed by atoms with Crippen LogP contribution in [0.5, 0.6) is 0 Å².